The van der Waals surface area contributed by atoms with Gasteiger partial charge in [0.1, 0.15) is 5.69 Å². The van der Waals surface area contributed by atoms with Crippen LogP contribution in [0, 0.1) is 10.1 Å². The number of hydrogen-bond donors (Lipinski definition) is 1. The Morgan fingerprint density at radius 1 is 1.42 bits per heavy atom. The second kappa shape index (κ2) is 5.44. The standard InChI is InChI=1S/C13H20N4O2/c1-15-7-5-10(6-8-15)16(2)11-3-4-13(17(18)19)12(14)9-11/h3-4,9-10H,5-8,14H2,1-2H3. The summed E-state index contributed by atoms with van der Waals surface area (Å²) < 4.78 is 0. The number of hydrogen-bond acceptors (Lipinski definition) is 5. The molecule has 0 aromatic heterocycles. The summed E-state index contributed by atoms with van der Waals surface area (Å²) in [6.45, 7) is 2.16. The monoisotopic (exact) mass is 264 g/mol. The van der Waals surface area contributed by atoms with Gasteiger partial charge in [0.05, 0.1) is 4.92 Å². The molecule has 1 aliphatic heterocycles. The van der Waals surface area contributed by atoms with Crippen LogP contribution >= 0.6 is 0 Å². The van der Waals surface area contributed by atoms with Gasteiger partial charge in [0, 0.05) is 24.8 Å². The number of nitrogen functional groups attached to an aromatic ring is 1. The van der Waals surface area contributed by atoms with Gasteiger partial charge in [0.2, 0.25) is 0 Å². The lowest BCUT2D eigenvalue weighted by Crippen LogP contribution is -2.42. The maximum Gasteiger partial charge on any atom is 0.292 e. The number of nitrogens with zero attached hydrogens (tertiary/aromatic N) is 3. The zero-order valence-corrected chi connectivity index (χ0v) is 11.4. The van der Waals surface area contributed by atoms with Gasteiger partial charge in [-0.2, -0.15) is 0 Å². The van der Waals surface area contributed by atoms with Gasteiger partial charge in [-0.25, -0.2) is 0 Å². The van der Waals surface area contributed by atoms with Crippen LogP contribution in [-0.4, -0.2) is 43.0 Å². The maximum atomic E-state index is 10.7. The van der Waals surface area contributed by atoms with Crippen LogP contribution in [0.1, 0.15) is 12.8 Å². The minimum absolute atomic E-state index is 0.0273. The van der Waals surface area contributed by atoms with Crippen molar-refractivity contribution in [1.29, 1.82) is 0 Å². The van der Waals surface area contributed by atoms with Gasteiger partial charge in [0.25, 0.3) is 5.69 Å². The second-order valence-corrected chi connectivity index (χ2v) is 5.15. The van der Waals surface area contributed by atoms with Crippen LogP contribution in [0.25, 0.3) is 0 Å². The van der Waals surface area contributed by atoms with E-state index in [-0.39, 0.29) is 11.4 Å². The number of benzene rings is 1. The lowest BCUT2D eigenvalue weighted by molar-refractivity contribution is -0.383. The fourth-order valence-corrected chi connectivity index (χ4v) is 2.52. The molecule has 1 aromatic carbocycles. The smallest absolute Gasteiger partial charge is 0.292 e. The Bertz CT molecular complexity index is 470. The molecule has 2 rings (SSSR count). The van der Waals surface area contributed by atoms with Crippen LogP contribution in [0.4, 0.5) is 17.1 Å². The van der Waals surface area contributed by atoms with Crippen molar-refractivity contribution in [3.63, 3.8) is 0 Å². The molecular weight excluding hydrogens is 244 g/mol. The molecule has 0 aliphatic carbocycles. The molecule has 6 heteroatoms. The predicted octanol–water partition coefficient (Wildman–Crippen LogP) is 1.71. The molecule has 0 spiro atoms. The summed E-state index contributed by atoms with van der Waals surface area (Å²) in [6.07, 6.45) is 2.20. The first-order chi connectivity index (χ1) is 8.99. The first kappa shape index (κ1) is 13.6. The quantitative estimate of drug-likeness (QED) is 0.511. The van der Waals surface area contributed by atoms with Gasteiger partial charge >= 0.3 is 0 Å². The van der Waals surface area contributed by atoms with Gasteiger partial charge < -0.3 is 15.5 Å². The Labute approximate surface area is 112 Å². The number of anilines is 2. The molecule has 6 nitrogen and oxygen atoms in total. The van der Waals surface area contributed by atoms with Crippen molar-refractivity contribution in [2.75, 3.05) is 37.8 Å². The van der Waals surface area contributed by atoms with E-state index in [4.69, 9.17) is 5.73 Å². The van der Waals surface area contributed by atoms with Gasteiger partial charge in [-0.1, -0.05) is 0 Å². The zero-order chi connectivity index (χ0) is 14.0. The van der Waals surface area contributed by atoms with Gasteiger partial charge in [0.15, 0.2) is 0 Å². The first-order valence-electron chi connectivity index (χ1n) is 6.44. The van der Waals surface area contributed by atoms with Crippen molar-refractivity contribution in [3.8, 4) is 0 Å². The molecule has 0 amide bonds. The fraction of sp³-hybridized carbons (Fsp3) is 0.538. The molecule has 0 saturated carbocycles. The largest absolute Gasteiger partial charge is 0.393 e. The average molecular weight is 264 g/mol. The molecule has 1 saturated heterocycles. The molecule has 0 radical (unpaired) electrons. The van der Waals surface area contributed by atoms with E-state index in [1.165, 1.54) is 6.07 Å². The van der Waals surface area contributed by atoms with Gasteiger partial charge in [-0.3, -0.25) is 10.1 Å². The molecule has 104 valence electrons. The number of likely N-dealkylation sites (tertiary alicyclic amines) is 1. The summed E-state index contributed by atoms with van der Waals surface area (Å²) in [5, 5.41) is 10.7. The second-order valence-electron chi connectivity index (χ2n) is 5.15. The number of nitro benzene ring substituents is 1. The van der Waals surface area contributed by atoms with Crippen LogP contribution < -0.4 is 10.6 Å². The Morgan fingerprint density at radius 3 is 2.58 bits per heavy atom. The highest BCUT2D eigenvalue weighted by molar-refractivity contribution is 5.66. The van der Waals surface area contributed by atoms with Crippen LogP contribution in [-0.2, 0) is 0 Å². The Morgan fingerprint density at radius 2 is 2.05 bits per heavy atom. The minimum Gasteiger partial charge on any atom is -0.393 e. The van der Waals surface area contributed by atoms with Crippen molar-refractivity contribution in [1.82, 2.24) is 4.90 Å². The third kappa shape index (κ3) is 2.96. The van der Waals surface area contributed by atoms with E-state index >= 15 is 0 Å². The zero-order valence-electron chi connectivity index (χ0n) is 11.4. The van der Waals surface area contributed by atoms with E-state index in [2.05, 4.69) is 16.8 Å². The lowest BCUT2D eigenvalue weighted by atomic mass is 10.0. The van der Waals surface area contributed by atoms with Gasteiger partial charge in [-0.15, -0.1) is 0 Å². The summed E-state index contributed by atoms with van der Waals surface area (Å²) in [6, 6.07) is 5.41. The number of nitro groups is 1. The summed E-state index contributed by atoms with van der Waals surface area (Å²) in [5.41, 5.74) is 6.87. The Hall–Kier alpha value is -1.82. The molecule has 1 heterocycles. The predicted molar refractivity (Wildman–Crippen MR) is 76.4 cm³/mol. The van der Waals surface area contributed by atoms with Gasteiger partial charge in [-0.05, 0) is 45.1 Å². The molecule has 2 N–H and O–H groups in total. The summed E-state index contributed by atoms with van der Waals surface area (Å²) in [5.74, 6) is 0. The number of nitrogens with two attached hydrogens (primary N) is 1. The highest BCUT2D eigenvalue weighted by atomic mass is 16.6. The SMILES string of the molecule is CN1CCC(N(C)c2ccc([N+](=O)[O-])c(N)c2)CC1. The molecule has 1 aliphatic rings. The molecule has 1 aromatic rings. The highest BCUT2D eigenvalue weighted by Crippen LogP contribution is 2.29. The van der Waals surface area contributed by atoms with Crippen molar-refractivity contribution >= 4 is 17.1 Å². The molecular formula is C13H20N4O2. The number of piperidine rings is 1. The third-order valence-electron chi connectivity index (χ3n) is 3.85. The molecule has 0 atom stereocenters. The van der Waals surface area contributed by atoms with Crippen molar-refractivity contribution in [2.45, 2.75) is 18.9 Å². The van der Waals surface area contributed by atoms with E-state index in [0.717, 1.165) is 31.6 Å². The van der Waals surface area contributed by atoms with Crippen LogP contribution in [0.2, 0.25) is 0 Å². The van der Waals surface area contributed by atoms with Crippen molar-refractivity contribution in [2.24, 2.45) is 0 Å². The van der Waals surface area contributed by atoms with Crippen LogP contribution in [0.15, 0.2) is 18.2 Å². The normalized spacial score (nSPS) is 17.4. The fourth-order valence-electron chi connectivity index (χ4n) is 2.52. The van der Waals surface area contributed by atoms with E-state index in [1.807, 2.05) is 7.05 Å². The molecule has 0 unspecified atom stereocenters. The summed E-state index contributed by atoms with van der Waals surface area (Å²) in [4.78, 5) is 14.8. The Balaban J connectivity index is 2.13. The van der Waals surface area contributed by atoms with E-state index in [9.17, 15) is 10.1 Å². The summed E-state index contributed by atoms with van der Waals surface area (Å²) >= 11 is 0. The van der Waals surface area contributed by atoms with Crippen molar-refractivity contribution < 1.29 is 4.92 Å². The highest BCUT2D eigenvalue weighted by Gasteiger charge is 2.22. The van der Waals surface area contributed by atoms with E-state index in [1.54, 1.807) is 12.1 Å². The summed E-state index contributed by atoms with van der Waals surface area (Å²) in [7, 11) is 4.15. The first-order valence-corrected chi connectivity index (χ1v) is 6.44. The third-order valence-corrected chi connectivity index (χ3v) is 3.85. The minimum atomic E-state index is -0.450. The molecule has 1 fully saturated rings. The Kier molecular flexibility index (Phi) is 3.90. The van der Waals surface area contributed by atoms with E-state index in [0.29, 0.717) is 6.04 Å². The van der Waals surface area contributed by atoms with Crippen LogP contribution in [0.5, 0.6) is 0 Å². The maximum absolute atomic E-state index is 10.7. The van der Waals surface area contributed by atoms with E-state index < -0.39 is 4.92 Å². The molecule has 0 bridgehead atoms. The average Bonchev–Trinajstić information content (AvgIpc) is 2.38. The van der Waals surface area contributed by atoms with Crippen molar-refractivity contribution in [3.05, 3.63) is 28.3 Å². The topological polar surface area (TPSA) is 75.6 Å². The number of rotatable bonds is 3. The van der Waals surface area contributed by atoms with Crippen LogP contribution in [0.3, 0.4) is 0 Å². The molecule has 19 heavy (non-hydrogen) atoms. The lowest BCUT2D eigenvalue weighted by Gasteiger charge is -2.36.